The summed E-state index contributed by atoms with van der Waals surface area (Å²) in [6.45, 7) is 3.50. The molecule has 1 aromatic carbocycles. The van der Waals surface area contributed by atoms with E-state index in [2.05, 4.69) is 64.1 Å². The van der Waals surface area contributed by atoms with Gasteiger partial charge in [0.1, 0.15) is 0 Å². The highest BCUT2D eigenvalue weighted by Gasteiger charge is 2.34. The van der Waals surface area contributed by atoms with Crippen LogP contribution in [0.1, 0.15) is 67.0 Å². The second kappa shape index (κ2) is 11.3. The molecule has 2 N–H and O–H groups in total. The molecule has 2 atom stereocenters. The van der Waals surface area contributed by atoms with Gasteiger partial charge in [-0.1, -0.05) is 42.5 Å². The van der Waals surface area contributed by atoms with Gasteiger partial charge in [-0.15, -0.1) is 0 Å². The Kier molecular flexibility index (Phi) is 7.91. The van der Waals surface area contributed by atoms with Gasteiger partial charge < -0.3 is 10.6 Å². The Balaban J connectivity index is 1.22. The van der Waals surface area contributed by atoms with Crippen molar-refractivity contribution < 1.29 is 8.78 Å². The summed E-state index contributed by atoms with van der Waals surface area (Å²) in [4.78, 5) is 7.40. The van der Waals surface area contributed by atoms with Crippen LogP contribution in [0.15, 0.2) is 54.7 Å². The molecule has 2 aromatic rings. The van der Waals surface area contributed by atoms with Crippen molar-refractivity contribution in [3.8, 4) is 0 Å². The quantitative estimate of drug-likeness (QED) is 0.510. The molecule has 1 saturated carbocycles. The lowest BCUT2D eigenvalue weighted by atomic mass is 9.89. The normalized spacial score (nSPS) is 24.4. The molecule has 1 aromatic heterocycles. The molecule has 0 spiro atoms. The molecule has 2 heterocycles. The molecule has 0 radical (unpaired) electrons. The number of halogens is 2. The van der Waals surface area contributed by atoms with Crippen LogP contribution in [0.4, 0.5) is 8.78 Å². The van der Waals surface area contributed by atoms with Gasteiger partial charge in [0, 0.05) is 57.3 Å². The van der Waals surface area contributed by atoms with Gasteiger partial charge in [0.15, 0.2) is 0 Å². The number of aryl methyl sites for hydroxylation is 1. The van der Waals surface area contributed by atoms with E-state index in [1.54, 1.807) is 0 Å². The van der Waals surface area contributed by atoms with E-state index in [0.717, 1.165) is 45.4 Å². The molecular weight excluding hydrogens is 442 g/mol. The smallest absolute Gasteiger partial charge is 0.248 e. The highest BCUT2D eigenvalue weighted by atomic mass is 19.3. The van der Waals surface area contributed by atoms with Gasteiger partial charge in [-0.3, -0.25) is 9.88 Å². The van der Waals surface area contributed by atoms with Crippen LogP contribution < -0.4 is 10.6 Å². The minimum atomic E-state index is -2.47. The van der Waals surface area contributed by atoms with Crippen LogP contribution in [0.3, 0.4) is 0 Å². The average molecular weight is 481 g/mol. The number of benzene rings is 1. The van der Waals surface area contributed by atoms with E-state index in [4.69, 9.17) is 4.98 Å². The van der Waals surface area contributed by atoms with Gasteiger partial charge >= 0.3 is 0 Å². The zero-order valence-corrected chi connectivity index (χ0v) is 20.6. The van der Waals surface area contributed by atoms with Crippen LogP contribution in [0.5, 0.6) is 0 Å². The lowest BCUT2D eigenvalue weighted by molar-refractivity contribution is -0.0401. The Hall–Kier alpha value is -2.15. The highest BCUT2D eigenvalue weighted by Crippen LogP contribution is 2.34. The van der Waals surface area contributed by atoms with E-state index in [1.165, 1.54) is 28.8 Å². The van der Waals surface area contributed by atoms with Crippen molar-refractivity contribution in [1.29, 1.82) is 0 Å². The van der Waals surface area contributed by atoms with Crippen LogP contribution in [-0.4, -0.2) is 47.5 Å². The maximum absolute atomic E-state index is 13.4. The summed E-state index contributed by atoms with van der Waals surface area (Å²) in [6.07, 6.45) is 12.0. The fourth-order valence-electron chi connectivity index (χ4n) is 5.97. The van der Waals surface area contributed by atoms with Crippen molar-refractivity contribution in [1.82, 2.24) is 20.5 Å². The standard InChI is InChI=1S/C29H38F2N4/c30-29(31)14-12-25(13-15-29)32-16-3-4-18-35(27-11-5-9-22-10-6-17-33-28(22)27)21-26-19-23-7-1-2-8-24(23)20-34-26/h1-4,6-8,10,17,25-27,32,34H,5,9,11-16,18-21H2/b4-3-/t26-,27+/m1/s1. The number of fused-ring (bicyclic) bond motifs is 2. The second-order valence-corrected chi connectivity index (χ2v) is 10.5. The summed E-state index contributed by atoms with van der Waals surface area (Å²) in [7, 11) is 0. The first kappa shape index (κ1) is 24.5. The largest absolute Gasteiger partial charge is 0.311 e. The van der Waals surface area contributed by atoms with Crippen LogP contribution in [-0.2, 0) is 19.4 Å². The summed E-state index contributed by atoms with van der Waals surface area (Å²) in [5.41, 5.74) is 5.49. The number of alkyl halides is 2. The maximum Gasteiger partial charge on any atom is 0.248 e. The van der Waals surface area contributed by atoms with Crippen molar-refractivity contribution in [3.05, 3.63) is 77.1 Å². The molecule has 4 nitrogen and oxygen atoms in total. The molecule has 35 heavy (non-hydrogen) atoms. The lowest BCUT2D eigenvalue weighted by Gasteiger charge is -2.38. The molecular formula is C29H38F2N4. The predicted molar refractivity (Wildman–Crippen MR) is 137 cm³/mol. The van der Waals surface area contributed by atoms with Gasteiger partial charge in [-0.05, 0) is 61.3 Å². The summed E-state index contributed by atoms with van der Waals surface area (Å²) in [5, 5.41) is 7.22. The zero-order chi connectivity index (χ0) is 24.1. The number of pyridine rings is 1. The van der Waals surface area contributed by atoms with E-state index in [-0.39, 0.29) is 18.9 Å². The molecule has 0 saturated heterocycles. The van der Waals surface area contributed by atoms with Crippen LogP contribution >= 0.6 is 0 Å². The molecule has 1 aliphatic heterocycles. The van der Waals surface area contributed by atoms with Crippen molar-refractivity contribution in [2.24, 2.45) is 0 Å². The lowest BCUT2D eigenvalue weighted by Crippen LogP contribution is -2.46. The number of nitrogens with one attached hydrogen (secondary N) is 2. The number of hydrogen-bond donors (Lipinski definition) is 2. The van der Waals surface area contributed by atoms with E-state index < -0.39 is 5.92 Å². The maximum atomic E-state index is 13.4. The molecule has 0 amide bonds. The first-order valence-electron chi connectivity index (χ1n) is 13.3. The van der Waals surface area contributed by atoms with Crippen LogP contribution in [0.2, 0.25) is 0 Å². The third kappa shape index (κ3) is 6.35. The summed E-state index contributed by atoms with van der Waals surface area (Å²) >= 11 is 0. The fraction of sp³-hybridized carbons (Fsp3) is 0.552. The summed E-state index contributed by atoms with van der Waals surface area (Å²) < 4.78 is 26.8. The number of nitrogens with zero attached hydrogens (tertiary/aromatic N) is 2. The van der Waals surface area contributed by atoms with Crippen LogP contribution in [0, 0.1) is 0 Å². The second-order valence-electron chi connectivity index (χ2n) is 10.5. The third-order valence-corrected chi connectivity index (χ3v) is 7.98. The molecule has 1 fully saturated rings. The van der Waals surface area contributed by atoms with E-state index in [0.29, 0.717) is 24.9 Å². The molecule has 188 valence electrons. The topological polar surface area (TPSA) is 40.2 Å². The molecule has 0 unspecified atom stereocenters. The SMILES string of the molecule is FC1(F)CCC(NC/C=C\CN(C[C@H]2Cc3ccccc3CN2)[C@H]2CCCc3cccnc32)CC1. The number of rotatable bonds is 8. The van der Waals surface area contributed by atoms with E-state index in [9.17, 15) is 8.78 Å². The van der Waals surface area contributed by atoms with Crippen molar-refractivity contribution in [2.75, 3.05) is 19.6 Å². The Morgan fingerprint density at radius 2 is 1.83 bits per heavy atom. The Bertz CT molecular complexity index is 998. The first-order valence-corrected chi connectivity index (χ1v) is 13.3. The molecule has 2 aliphatic carbocycles. The van der Waals surface area contributed by atoms with Crippen molar-refractivity contribution >= 4 is 0 Å². The Morgan fingerprint density at radius 3 is 2.69 bits per heavy atom. The molecule has 0 bridgehead atoms. The Morgan fingerprint density at radius 1 is 1.03 bits per heavy atom. The average Bonchev–Trinajstić information content (AvgIpc) is 2.88. The third-order valence-electron chi connectivity index (χ3n) is 7.98. The van der Waals surface area contributed by atoms with Gasteiger partial charge in [0.05, 0.1) is 11.7 Å². The van der Waals surface area contributed by atoms with E-state index in [1.807, 2.05) is 6.20 Å². The van der Waals surface area contributed by atoms with Gasteiger partial charge in [-0.25, -0.2) is 8.78 Å². The molecule has 3 aliphatic rings. The first-order chi connectivity index (χ1) is 17.1. The van der Waals surface area contributed by atoms with Gasteiger partial charge in [0.25, 0.3) is 0 Å². The highest BCUT2D eigenvalue weighted by molar-refractivity contribution is 5.30. The molecule has 6 heteroatoms. The van der Waals surface area contributed by atoms with Crippen molar-refractivity contribution in [3.63, 3.8) is 0 Å². The summed E-state index contributed by atoms with van der Waals surface area (Å²) in [5.74, 6) is -2.47. The minimum Gasteiger partial charge on any atom is -0.311 e. The van der Waals surface area contributed by atoms with Gasteiger partial charge in [-0.2, -0.15) is 0 Å². The minimum absolute atomic E-state index is 0.00770. The Labute approximate surface area is 208 Å². The fourth-order valence-corrected chi connectivity index (χ4v) is 5.97. The predicted octanol–water partition coefficient (Wildman–Crippen LogP) is 5.20. The van der Waals surface area contributed by atoms with Crippen molar-refractivity contribution in [2.45, 2.75) is 82.0 Å². The summed E-state index contributed by atoms with van der Waals surface area (Å²) in [6, 6.07) is 14.0. The van der Waals surface area contributed by atoms with Gasteiger partial charge in [0.2, 0.25) is 5.92 Å². The molecule has 5 rings (SSSR count). The zero-order valence-electron chi connectivity index (χ0n) is 20.6. The van der Waals surface area contributed by atoms with E-state index >= 15 is 0 Å². The van der Waals surface area contributed by atoms with Crippen LogP contribution in [0.25, 0.3) is 0 Å². The number of aromatic nitrogens is 1. The monoisotopic (exact) mass is 480 g/mol. The number of hydrogen-bond acceptors (Lipinski definition) is 4.